The number of hydrogen-bond acceptors (Lipinski definition) is 6. The molecule has 4 rings (SSSR count). The van der Waals surface area contributed by atoms with Gasteiger partial charge < -0.3 is 20.4 Å². The van der Waals surface area contributed by atoms with Gasteiger partial charge in [0, 0.05) is 44.5 Å². The van der Waals surface area contributed by atoms with Crippen LogP contribution in [0.1, 0.15) is 43.0 Å². The average Bonchev–Trinajstić information content (AvgIpc) is 3.12. The smallest absolute Gasteiger partial charge is 0.384 e. The van der Waals surface area contributed by atoms with Crippen molar-refractivity contribution >= 4 is 23.1 Å². The third-order valence-corrected chi connectivity index (χ3v) is 6.32. The zero-order valence-electron chi connectivity index (χ0n) is 19.0. The number of β-lactam (4-membered cyclic amide) rings is 1. The first-order valence-electron chi connectivity index (χ1n) is 11.3. The van der Waals surface area contributed by atoms with Gasteiger partial charge >= 0.3 is 6.18 Å². The van der Waals surface area contributed by atoms with E-state index in [9.17, 15) is 18.0 Å². The van der Waals surface area contributed by atoms with Crippen LogP contribution in [0.4, 0.5) is 30.4 Å². The van der Waals surface area contributed by atoms with E-state index in [2.05, 4.69) is 32.7 Å². The molecule has 2 N–H and O–H groups in total. The summed E-state index contributed by atoms with van der Waals surface area (Å²) < 4.78 is 42.4. The summed E-state index contributed by atoms with van der Waals surface area (Å²) >= 11 is 0. The normalized spacial score (nSPS) is 17.8. The quantitative estimate of drug-likeness (QED) is 0.458. The van der Waals surface area contributed by atoms with Crippen molar-refractivity contribution in [1.29, 1.82) is 0 Å². The molecule has 11 heteroatoms. The summed E-state index contributed by atoms with van der Waals surface area (Å²) in [6.45, 7) is 5.47. The fourth-order valence-electron chi connectivity index (χ4n) is 4.18. The Bertz CT molecular complexity index is 983. The van der Waals surface area contributed by atoms with Crippen LogP contribution < -0.4 is 10.6 Å². The maximum atomic E-state index is 13.5. The zero-order valence-corrected chi connectivity index (χ0v) is 19.0. The van der Waals surface area contributed by atoms with Crippen molar-refractivity contribution in [1.82, 2.24) is 24.6 Å². The largest absolute Gasteiger partial charge is 0.419 e. The lowest BCUT2D eigenvalue weighted by Gasteiger charge is -2.30. The topological polar surface area (TPSA) is 78.3 Å². The van der Waals surface area contributed by atoms with Gasteiger partial charge in [-0.25, -0.2) is 4.98 Å². The number of aryl methyl sites for hydroxylation is 1. The van der Waals surface area contributed by atoms with E-state index in [4.69, 9.17) is 0 Å². The van der Waals surface area contributed by atoms with Crippen LogP contribution in [0, 0.1) is 6.92 Å². The number of rotatable bonds is 8. The van der Waals surface area contributed by atoms with Crippen LogP contribution in [-0.4, -0.2) is 70.2 Å². The third kappa shape index (κ3) is 5.58. The van der Waals surface area contributed by atoms with Crippen molar-refractivity contribution in [3.05, 3.63) is 29.7 Å². The molecule has 0 radical (unpaired) electrons. The van der Waals surface area contributed by atoms with E-state index in [1.165, 1.54) is 6.07 Å². The predicted molar refractivity (Wildman–Crippen MR) is 120 cm³/mol. The molecule has 0 atom stereocenters. The van der Waals surface area contributed by atoms with Gasteiger partial charge in [0.05, 0.1) is 28.7 Å². The predicted octanol–water partition coefficient (Wildman–Crippen LogP) is 3.65. The maximum Gasteiger partial charge on any atom is 0.419 e. The lowest BCUT2D eigenvalue weighted by molar-refractivity contribution is -0.139. The number of pyridine rings is 1. The summed E-state index contributed by atoms with van der Waals surface area (Å²) in [5.74, 6) is 0.409. The van der Waals surface area contributed by atoms with Gasteiger partial charge in [0.25, 0.3) is 0 Å². The second kappa shape index (κ2) is 9.58. The molecule has 0 saturated carbocycles. The van der Waals surface area contributed by atoms with Crippen molar-refractivity contribution < 1.29 is 18.0 Å². The molecule has 0 bridgehead atoms. The number of nitrogens with zero attached hydrogens (tertiary/aromatic N) is 5. The summed E-state index contributed by atoms with van der Waals surface area (Å²) in [5, 5.41) is 10.6. The fraction of sp³-hybridized carbons (Fsp3) is 0.591. The molecular formula is C22H30F3N7O. The first-order chi connectivity index (χ1) is 15.7. The van der Waals surface area contributed by atoms with Crippen LogP contribution in [0.15, 0.2) is 18.5 Å². The first kappa shape index (κ1) is 23.3. The standard InChI is InChI=1S/C22H30F3N7O/c1-15-19(14-32(29-15)16-4-9-30(2)10-5-16)28-20-12-18(17(13-27-20)22(23,24)25)26-7-3-8-31-11-6-21(31)33/h12-14,16H,3-11H2,1-2H3,(H2,26,27,28). The van der Waals surface area contributed by atoms with Gasteiger partial charge in [-0.3, -0.25) is 9.48 Å². The van der Waals surface area contributed by atoms with E-state index in [0.717, 1.165) is 50.1 Å². The Morgan fingerprint density at radius 3 is 2.58 bits per heavy atom. The van der Waals surface area contributed by atoms with E-state index < -0.39 is 11.7 Å². The Kier molecular flexibility index (Phi) is 6.78. The summed E-state index contributed by atoms with van der Waals surface area (Å²) in [4.78, 5) is 19.4. The molecule has 2 fully saturated rings. The van der Waals surface area contributed by atoms with Crippen LogP contribution in [-0.2, 0) is 11.0 Å². The Morgan fingerprint density at radius 2 is 1.94 bits per heavy atom. The number of carbonyl (C=O) groups excluding carboxylic acids is 1. The highest BCUT2D eigenvalue weighted by molar-refractivity contribution is 5.81. The molecule has 180 valence electrons. The number of likely N-dealkylation sites (tertiary alicyclic amines) is 2. The molecule has 2 aliphatic heterocycles. The Balaban J connectivity index is 1.44. The van der Waals surface area contributed by atoms with Crippen molar-refractivity contribution in [3.63, 3.8) is 0 Å². The minimum Gasteiger partial charge on any atom is -0.384 e. The molecule has 33 heavy (non-hydrogen) atoms. The minimum atomic E-state index is -4.52. The molecule has 0 unspecified atom stereocenters. The summed E-state index contributed by atoms with van der Waals surface area (Å²) in [6, 6.07) is 1.69. The Labute approximate surface area is 191 Å². The maximum absolute atomic E-state index is 13.5. The van der Waals surface area contributed by atoms with Crippen LogP contribution in [0.25, 0.3) is 0 Å². The molecule has 1 amide bonds. The SMILES string of the molecule is Cc1nn(C2CCN(C)CC2)cc1Nc1cc(NCCCN2CCC2=O)c(C(F)(F)F)cn1. The highest BCUT2D eigenvalue weighted by Gasteiger charge is 2.34. The van der Waals surface area contributed by atoms with E-state index in [-0.39, 0.29) is 11.6 Å². The third-order valence-electron chi connectivity index (χ3n) is 6.32. The van der Waals surface area contributed by atoms with Crippen molar-refractivity contribution in [2.75, 3.05) is 50.4 Å². The number of hydrogen-bond donors (Lipinski definition) is 2. The minimum absolute atomic E-state index is 0.0321. The van der Waals surface area contributed by atoms with E-state index >= 15 is 0 Å². The highest BCUT2D eigenvalue weighted by Crippen LogP contribution is 2.36. The number of carbonyl (C=O) groups is 1. The van der Waals surface area contributed by atoms with E-state index in [1.807, 2.05) is 17.8 Å². The lowest BCUT2D eigenvalue weighted by atomic mass is 10.1. The molecule has 2 aromatic heterocycles. The van der Waals surface area contributed by atoms with Crippen molar-refractivity contribution in [3.8, 4) is 0 Å². The van der Waals surface area contributed by atoms with E-state index in [1.54, 1.807) is 4.90 Å². The molecule has 2 saturated heterocycles. The summed E-state index contributed by atoms with van der Waals surface area (Å²) in [6.07, 6.45) is 1.37. The molecule has 8 nitrogen and oxygen atoms in total. The second-order valence-electron chi connectivity index (χ2n) is 8.79. The second-order valence-corrected chi connectivity index (χ2v) is 8.79. The molecule has 0 aromatic carbocycles. The Hall–Kier alpha value is -2.82. The number of halogens is 3. The van der Waals surface area contributed by atoms with Gasteiger partial charge in [0.2, 0.25) is 5.91 Å². The monoisotopic (exact) mass is 465 g/mol. The molecule has 2 aromatic rings. The number of alkyl halides is 3. The van der Waals surface area contributed by atoms with Crippen molar-refractivity contribution in [2.24, 2.45) is 0 Å². The van der Waals surface area contributed by atoms with Gasteiger partial charge in [0.15, 0.2) is 0 Å². The number of anilines is 3. The van der Waals surface area contributed by atoms with Crippen LogP contribution >= 0.6 is 0 Å². The van der Waals surface area contributed by atoms with Gasteiger partial charge in [-0.05, 0) is 46.3 Å². The van der Waals surface area contributed by atoms with Gasteiger partial charge in [0.1, 0.15) is 5.82 Å². The molecule has 0 spiro atoms. The van der Waals surface area contributed by atoms with Crippen LogP contribution in [0.2, 0.25) is 0 Å². The first-order valence-corrected chi connectivity index (χ1v) is 11.3. The summed E-state index contributed by atoms with van der Waals surface area (Å²) in [7, 11) is 2.10. The number of aromatic nitrogens is 3. The van der Waals surface area contributed by atoms with Crippen LogP contribution in [0.5, 0.6) is 0 Å². The number of amides is 1. The molecular weight excluding hydrogens is 435 g/mol. The fourth-order valence-corrected chi connectivity index (χ4v) is 4.18. The molecule has 2 aliphatic rings. The van der Waals surface area contributed by atoms with Gasteiger partial charge in [-0.15, -0.1) is 0 Å². The van der Waals surface area contributed by atoms with Crippen LogP contribution in [0.3, 0.4) is 0 Å². The van der Waals surface area contributed by atoms with Gasteiger partial charge in [-0.1, -0.05) is 0 Å². The lowest BCUT2D eigenvalue weighted by Crippen LogP contribution is -2.44. The number of piperidine rings is 1. The molecule has 0 aliphatic carbocycles. The Morgan fingerprint density at radius 1 is 1.18 bits per heavy atom. The van der Waals surface area contributed by atoms with E-state index in [0.29, 0.717) is 37.8 Å². The zero-order chi connectivity index (χ0) is 23.6. The van der Waals surface area contributed by atoms with Crippen molar-refractivity contribution in [2.45, 2.75) is 44.8 Å². The highest BCUT2D eigenvalue weighted by atomic mass is 19.4. The van der Waals surface area contributed by atoms with Gasteiger partial charge in [-0.2, -0.15) is 18.3 Å². The average molecular weight is 466 g/mol. The summed E-state index contributed by atoms with van der Waals surface area (Å²) in [5.41, 5.74) is 0.648. The molecule has 4 heterocycles. The number of nitrogens with one attached hydrogen (secondary N) is 2.